The van der Waals surface area contributed by atoms with Crippen molar-refractivity contribution in [2.24, 2.45) is 5.73 Å². The molecule has 2 aromatic carbocycles. The van der Waals surface area contributed by atoms with Crippen LogP contribution in [0.4, 0.5) is 10.7 Å². The number of hydrogen-bond acceptors (Lipinski definition) is 8. The largest absolute Gasteiger partial charge is 0.462 e. The van der Waals surface area contributed by atoms with Crippen molar-refractivity contribution in [3.05, 3.63) is 87.6 Å². The third kappa shape index (κ3) is 4.87. The Morgan fingerprint density at radius 1 is 0.949 bits per heavy atom. The summed E-state index contributed by atoms with van der Waals surface area (Å²) in [6, 6.07) is 21.5. The van der Waals surface area contributed by atoms with E-state index >= 15 is 0 Å². The van der Waals surface area contributed by atoms with Gasteiger partial charge in [-0.1, -0.05) is 60.7 Å². The van der Waals surface area contributed by atoms with Gasteiger partial charge in [-0.2, -0.15) is 0 Å². The van der Waals surface area contributed by atoms with Gasteiger partial charge in [0, 0.05) is 10.9 Å². The molecule has 196 valence electrons. The Hall–Kier alpha value is -4.54. The first-order valence-electron chi connectivity index (χ1n) is 12.1. The number of hydrogen-bond donors (Lipinski definition) is 3. The van der Waals surface area contributed by atoms with Crippen molar-refractivity contribution in [3.63, 3.8) is 0 Å². The summed E-state index contributed by atoms with van der Waals surface area (Å²) in [6.07, 6.45) is 0. The van der Waals surface area contributed by atoms with Gasteiger partial charge in [-0.3, -0.25) is 9.59 Å². The van der Waals surface area contributed by atoms with E-state index in [0.29, 0.717) is 15.8 Å². The molecule has 0 fully saturated rings. The number of ether oxygens (including phenoxy) is 1. The van der Waals surface area contributed by atoms with Crippen LogP contribution in [0.3, 0.4) is 0 Å². The van der Waals surface area contributed by atoms with Crippen molar-refractivity contribution < 1.29 is 19.1 Å². The summed E-state index contributed by atoms with van der Waals surface area (Å²) < 4.78 is 5.09. The van der Waals surface area contributed by atoms with Gasteiger partial charge in [0.15, 0.2) is 0 Å². The Balaban J connectivity index is 1.62. The van der Waals surface area contributed by atoms with E-state index in [4.69, 9.17) is 21.2 Å². The molecule has 3 heterocycles. The summed E-state index contributed by atoms with van der Waals surface area (Å²) in [5.41, 5.74) is 16.3. The molecule has 0 spiro atoms. The fraction of sp³-hybridized carbons (Fsp3) is 0.103. The van der Waals surface area contributed by atoms with E-state index in [0.717, 1.165) is 45.1 Å². The lowest BCUT2D eigenvalue weighted by molar-refractivity contribution is 0.0531. The lowest BCUT2D eigenvalue weighted by Crippen LogP contribution is -2.17. The second-order valence-electron chi connectivity index (χ2n) is 8.61. The molecule has 5 N–H and O–H groups in total. The van der Waals surface area contributed by atoms with Crippen molar-refractivity contribution in [2.75, 3.05) is 17.7 Å². The first kappa shape index (κ1) is 26.1. The quantitative estimate of drug-likeness (QED) is 0.207. The molecule has 5 aromatic rings. The zero-order valence-electron chi connectivity index (χ0n) is 21.1. The van der Waals surface area contributed by atoms with Crippen LogP contribution in [0.15, 0.2) is 66.7 Å². The predicted octanol–water partition coefficient (Wildman–Crippen LogP) is 6.11. The molecule has 0 unspecified atom stereocenters. The van der Waals surface area contributed by atoms with Gasteiger partial charge in [0.05, 0.1) is 23.6 Å². The first-order chi connectivity index (χ1) is 18.8. The van der Waals surface area contributed by atoms with Gasteiger partial charge >= 0.3 is 5.97 Å². The van der Waals surface area contributed by atoms with Crippen molar-refractivity contribution in [3.8, 4) is 22.4 Å². The van der Waals surface area contributed by atoms with Crippen LogP contribution in [0.5, 0.6) is 0 Å². The number of rotatable bonds is 7. The van der Waals surface area contributed by atoms with Gasteiger partial charge in [-0.05, 0) is 36.6 Å². The van der Waals surface area contributed by atoms with E-state index in [1.54, 1.807) is 13.8 Å². The van der Waals surface area contributed by atoms with Crippen LogP contribution in [0.1, 0.15) is 42.2 Å². The van der Waals surface area contributed by atoms with Gasteiger partial charge in [0.1, 0.15) is 19.6 Å². The molecule has 0 aliphatic rings. The molecular formula is C29H24N4O4S2. The fourth-order valence-corrected chi connectivity index (χ4v) is 6.46. The molecule has 0 radical (unpaired) electrons. The number of nitrogens with one attached hydrogen (secondary N) is 1. The van der Waals surface area contributed by atoms with Gasteiger partial charge in [-0.25, -0.2) is 9.78 Å². The molecule has 39 heavy (non-hydrogen) atoms. The number of primary amides is 1. The lowest BCUT2D eigenvalue weighted by Gasteiger charge is -2.09. The molecule has 0 saturated carbocycles. The maximum absolute atomic E-state index is 13.5. The number of anilines is 2. The van der Waals surface area contributed by atoms with Crippen LogP contribution in [-0.2, 0) is 4.74 Å². The molecule has 10 heteroatoms. The van der Waals surface area contributed by atoms with E-state index in [1.165, 1.54) is 0 Å². The van der Waals surface area contributed by atoms with E-state index in [2.05, 4.69) is 5.32 Å². The van der Waals surface area contributed by atoms with E-state index in [-0.39, 0.29) is 32.6 Å². The zero-order chi connectivity index (χ0) is 27.7. The van der Waals surface area contributed by atoms with Crippen molar-refractivity contribution in [1.82, 2.24) is 4.98 Å². The average Bonchev–Trinajstić information content (AvgIpc) is 3.45. The Kier molecular flexibility index (Phi) is 7.14. The molecule has 5 rings (SSSR count). The average molecular weight is 557 g/mol. The monoisotopic (exact) mass is 556 g/mol. The summed E-state index contributed by atoms with van der Waals surface area (Å²) in [5.74, 6) is -1.89. The highest BCUT2D eigenvalue weighted by molar-refractivity contribution is 7.22. The van der Waals surface area contributed by atoms with Gasteiger partial charge in [0.25, 0.3) is 11.8 Å². The second kappa shape index (κ2) is 10.7. The number of benzene rings is 2. The van der Waals surface area contributed by atoms with Crippen LogP contribution in [0, 0.1) is 6.92 Å². The molecular weight excluding hydrogens is 532 g/mol. The van der Waals surface area contributed by atoms with Gasteiger partial charge in [-0.15, -0.1) is 22.7 Å². The Bertz CT molecular complexity index is 1730. The minimum absolute atomic E-state index is 0.0607. The normalized spacial score (nSPS) is 10.9. The molecule has 0 bridgehead atoms. The van der Waals surface area contributed by atoms with Crippen LogP contribution in [-0.4, -0.2) is 29.4 Å². The summed E-state index contributed by atoms with van der Waals surface area (Å²) in [5, 5.41) is 3.57. The number of carbonyl (C=O) groups is 3. The van der Waals surface area contributed by atoms with Crippen molar-refractivity contribution >= 4 is 61.4 Å². The highest BCUT2D eigenvalue weighted by Gasteiger charge is 2.27. The number of esters is 1. The number of nitrogens with zero attached hydrogens (tertiary/aromatic N) is 1. The Morgan fingerprint density at radius 3 is 2.21 bits per heavy atom. The topological polar surface area (TPSA) is 137 Å². The fourth-order valence-electron chi connectivity index (χ4n) is 4.34. The molecule has 3 aromatic heterocycles. The SMILES string of the molecule is CCOC(=O)c1sc(NC(=O)c2sc3nc(-c4ccccc4)cc(-c4ccccc4)c3c2N)c(C(N)=O)c1C. The lowest BCUT2D eigenvalue weighted by atomic mass is 9.99. The molecule has 0 saturated heterocycles. The molecule has 0 atom stereocenters. The highest BCUT2D eigenvalue weighted by atomic mass is 32.1. The summed E-state index contributed by atoms with van der Waals surface area (Å²) in [6.45, 7) is 3.45. The molecule has 2 amide bonds. The number of amides is 2. The third-order valence-electron chi connectivity index (χ3n) is 6.14. The number of thiophene rings is 2. The molecule has 0 aliphatic heterocycles. The smallest absolute Gasteiger partial charge is 0.348 e. The number of nitrogens with two attached hydrogens (primary N) is 2. The maximum atomic E-state index is 13.5. The first-order valence-corrected chi connectivity index (χ1v) is 13.7. The standard InChI is InChI=1S/C29H24N4O4S2/c1-3-37-29(36)23-15(2)20(25(31)34)27(38-23)33-26(35)24-22(30)21-18(16-10-6-4-7-11-16)14-19(32-28(21)39-24)17-12-8-5-9-13-17/h4-14H,3,30H2,1-2H3,(H2,31,34)(H,33,35). The Labute approximate surface area is 232 Å². The van der Waals surface area contributed by atoms with Gasteiger partial charge in [0.2, 0.25) is 0 Å². The van der Waals surface area contributed by atoms with E-state index in [1.807, 2.05) is 66.7 Å². The minimum Gasteiger partial charge on any atom is -0.462 e. The van der Waals surface area contributed by atoms with Gasteiger partial charge < -0.3 is 21.5 Å². The number of pyridine rings is 1. The molecule has 8 nitrogen and oxygen atoms in total. The molecule has 0 aliphatic carbocycles. The summed E-state index contributed by atoms with van der Waals surface area (Å²) in [7, 11) is 0. The van der Waals surface area contributed by atoms with Crippen LogP contribution in [0.25, 0.3) is 32.6 Å². The van der Waals surface area contributed by atoms with E-state index in [9.17, 15) is 14.4 Å². The second-order valence-corrected chi connectivity index (χ2v) is 10.6. The minimum atomic E-state index is -0.764. The van der Waals surface area contributed by atoms with Crippen molar-refractivity contribution in [1.29, 1.82) is 0 Å². The Morgan fingerprint density at radius 2 is 1.59 bits per heavy atom. The van der Waals surface area contributed by atoms with Crippen LogP contribution in [0.2, 0.25) is 0 Å². The van der Waals surface area contributed by atoms with Crippen LogP contribution < -0.4 is 16.8 Å². The predicted molar refractivity (Wildman–Crippen MR) is 156 cm³/mol. The highest BCUT2D eigenvalue weighted by Crippen LogP contribution is 2.42. The summed E-state index contributed by atoms with van der Waals surface area (Å²) >= 11 is 2.10. The number of fused-ring (bicyclic) bond motifs is 1. The number of carbonyl (C=O) groups excluding carboxylic acids is 3. The zero-order valence-corrected chi connectivity index (χ0v) is 22.7. The summed E-state index contributed by atoms with van der Waals surface area (Å²) in [4.78, 5) is 44.0. The number of aromatic nitrogens is 1. The van der Waals surface area contributed by atoms with Crippen molar-refractivity contribution in [2.45, 2.75) is 13.8 Å². The number of nitrogen functional groups attached to an aromatic ring is 1. The van der Waals surface area contributed by atoms with E-state index < -0.39 is 17.8 Å². The maximum Gasteiger partial charge on any atom is 0.348 e. The van der Waals surface area contributed by atoms with Crippen LogP contribution >= 0.6 is 22.7 Å². The third-order valence-corrected chi connectivity index (χ3v) is 8.43.